The molecule has 1 rings (SSSR count). The first-order valence-electron chi connectivity index (χ1n) is 6.22. The van der Waals surface area contributed by atoms with Gasteiger partial charge in [0.05, 0.1) is 17.9 Å². The summed E-state index contributed by atoms with van der Waals surface area (Å²) >= 11 is 0. The standard InChI is InChI=1S/C13H16ClF3O3S/c1-9(2)10(8-21(14,18)19)7-20-12-6-4-3-5-11(12)13(15,16)17/h3-6,9-10H,7-8H2,1-2H3. The van der Waals surface area contributed by atoms with Crippen LogP contribution in [0, 0.1) is 11.8 Å². The van der Waals surface area contributed by atoms with Crippen LogP contribution in [0.5, 0.6) is 5.75 Å². The number of halogens is 4. The molecule has 0 heterocycles. The summed E-state index contributed by atoms with van der Waals surface area (Å²) in [5, 5.41) is 0. The highest BCUT2D eigenvalue weighted by Crippen LogP contribution is 2.36. The van der Waals surface area contributed by atoms with Crippen molar-refractivity contribution in [1.82, 2.24) is 0 Å². The first-order valence-corrected chi connectivity index (χ1v) is 8.70. The average Bonchev–Trinajstić information content (AvgIpc) is 2.32. The predicted octanol–water partition coefficient (Wildman–Crippen LogP) is 3.93. The van der Waals surface area contributed by atoms with E-state index in [4.69, 9.17) is 15.4 Å². The van der Waals surface area contributed by atoms with Crippen molar-refractivity contribution in [2.45, 2.75) is 20.0 Å². The molecule has 21 heavy (non-hydrogen) atoms. The maximum atomic E-state index is 12.8. The zero-order chi connectivity index (χ0) is 16.3. The molecule has 0 N–H and O–H groups in total. The van der Waals surface area contributed by atoms with Gasteiger partial charge in [0.15, 0.2) is 0 Å². The zero-order valence-electron chi connectivity index (χ0n) is 11.5. The van der Waals surface area contributed by atoms with Gasteiger partial charge in [-0.3, -0.25) is 0 Å². The molecule has 8 heteroatoms. The normalized spacial score (nSPS) is 14.2. The highest BCUT2D eigenvalue weighted by Gasteiger charge is 2.34. The first kappa shape index (κ1) is 18.1. The van der Waals surface area contributed by atoms with Gasteiger partial charge in [-0.1, -0.05) is 26.0 Å². The minimum absolute atomic E-state index is 0.100. The van der Waals surface area contributed by atoms with Crippen molar-refractivity contribution in [2.75, 3.05) is 12.4 Å². The summed E-state index contributed by atoms with van der Waals surface area (Å²) in [4.78, 5) is 0. The molecule has 0 aliphatic carbocycles. The number of hydrogen-bond donors (Lipinski definition) is 0. The van der Waals surface area contributed by atoms with Crippen LogP contribution in [0.2, 0.25) is 0 Å². The Hall–Kier alpha value is -0.950. The van der Waals surface area contributed by atoms with Crippen molar-refractivity contribution in [3.05, 3.63) is 29.8 Å². The van der Waals surface area contributed by atoms with Crippen LogP contribution in [0.25, 0.3) is 0 Å². The van der Waals surface area contributed by atoms with E-state index in [0.717, 1.165) is 6.07 Å². The summed E-state index contributed by atoms with van der Waals surface area (Å²) in [7, 11) is 1.45. The molecule has 0 bridgehead atoms. The molecule has 0 fully saturated rings. The van der Waals surface area contributed by atoms with Gasteiger partial charge in [0.1, 0.15) is 5.75 Å². The molecule has 0 saturated heterocycles. The fraction of sp³-hybridized carbons (Fsp3) is 0.538. The summed E-state index contributed by atoms with van der Waals surface area (Å²) in [6.07, 6.45) is -4.53. The maximum absolute atomic E-state index is 12.8. The van der Waals surface area contributed by atoms with Crippen LogP contribution in [-0.4, -0.2) is 20.8 Å². The van der Waals surface area contributed by atoms with Gasteiger partial charge in [-0.05, 0) is 18.1 Å². The lowest BCUT2D eigenvalue weighted by Crippen LogP contribution is -2.25. The molecule has 0 spiro atoms. The Labute approximate surface area is 126 Å². The number of benzene rings is 1. The lowest BCUT2D eigenvalue weighted by atomic mass is 9.99. The van der Waals surface area contributed by atoms with Crippen LogP contribution in [-0.2, 0) is 15.2 Å². The van der Waals surface area contributed by atoms with Gasteiger partial charge in [-0.2, -0.15) is 13.2 Å². The molecule has 120 valence electrons. The summed E-state index contributed by atoms with van der Waals surface area (Å²) in [6.45, 7) is 3.36. The molecule has 1 aromatic carbocycles. The third-order valence-electron chi connectivity index (χ3n) is 3.00. The smallest absolute Gasteiger partial charge is 0.419 e. The van der Waals surface area contributed by atoms with Gasteiger partial charge in [0, 0.05) is 16.6 Å². The molecule has 0 saturated carbocycles. The maximum Gasteiger partial charge on any atom is 0.419 e. The second-order valence-electron chi connectivity index (χ2n) is 5.01. The third kappa shape index (κ3) is 6.13. The zero-order valence-corrected chi connectivity index (χ0v) is 13.1. The molecular formula is C13H16ClF3O3S. The Kier molecular flexibility index (Phi) is 5.92. The Morgan fingerprint density at radius 2 is 1.81 bits per heavy atom. The van der Waals surface area contributed by atoms with Crippen molar-refractivity contribution < 1.29 is 26.3 Å². The molecular weight excluding hydrogens is 329 g/mol. The largest absolute Gasteiger partial charge is 0.493 e. The van der Waals surface area contributed by atoms with Crippen LogP contribution >= 0.6 is 10.7 Å². The lowest BCUT2D eigenvalue weighted by Gasteiger charge is -2.21. The highest BCUT2D eigenvalue weighted by atomic mass is 35.7. The predicted molar refractivity (Wildman–Crippen MR) is 74.9 cm³/mol. The van der Waals surface area contributed by atoms with Crippen molar-refractivity contribution in [3.8, 4) is 5.75 Å². The number of alkyl halides is 3. The number of hydrogen-bond acceptors (Lipinski definition) is 3. The topological polar surface area (TPSA) is 43.4 Å². The van der Waals surface area contributed by atoms with Crippen LogP contribution in [0.3, 0.4) is 0 Å². The van der Waals surface area contributed by atoms with Gasteiger partial charge >= 0.3 is 6.18 Å². The van der Waals surface area contributed by atoms with E-state index in [2.05, 4.69) is 0 Å². The third-order valence-corrected chi connectivity index (χ3v) is 4.21. The van der Waals surface area contributed by atoms with Gasteiger partial charge in [-0.15, -0.1) is 0 Å². The van der Waals surface area contributed by atoms with E-state index in [1.54, 1.807) is 13.8 Å². The lowest BCUT2D eigenvalue weighted by molar-refractivity contribution is -0.139. The van der Waals surface area contributed by atoms with E-state index >= 15 is 0 Å². The monoisotopic (exact) mass is 344 g/mol. The van der Waals surface area contributed by atoms with Gasteiger partial charge in [-0.25, -0.2) is 8.42 Å². The van der Waals surface area contributed by atoms with Crippen molar-refractivity contribution in [3.63, 3.8) is 0 Å². The quantitative estimate of drug-likeness (QED) is 0.734. The second-order valence-corrected chi connectivity index (χ2v) is 7.84. The van der Waals surface area contributed by atoms with E-state index in [-0.39, 0.29) is 24.0 Å². The Bertz CT molecular complexity index is 570. The van der Waals surface area contributed by atoms with E-state index in [1.165, 1.54) is 18.2 Å². The molecule has 0 aliphatic heterocycles. The number of rotatable bonds is 6. The van der Waals surface area contributed by atoms with E-state index in [1.807, 2.05) is 0 Å². The van der Waals surface area contributed by atoms with Crippen LogP contribution in [0.15, 0.2) is 24.3 Å². The molecule has 3 nitrogen and oxygen atoms in total. The molecule has 1 unspecified atom stereocenters. The van der Waals surface area contributed by atoms with Crippen LogP contribution in [0.4, 0.5) is 13.2 Å². The minimum atomic E-state index is -4.53. The summed E-state index contributed by atoms with van der Waals surface area (Å²) in [6, 6.07) is 4.81. The van der Waals surface area contributed by atoms with Crippen molar-refractivity contribution in [1.29, 1.82) is 0 Å². The van der Waals surface area contributed by atoms with Gasteiger partial charge in [0.2, 0.25) is 9.05 Å². The van der Waals surface area contributed by atoms with E-state index in [9.17, 15) is 21.6 Å². The summed E-state index contributed by atoms with van der Waals surface area (Å²) in [5.41, 5.74) is -0.888. The Morgan fingerprint density at radius 1 is 1.24 bits per heavy atom. The SMILES string of the molecule is CC(C)C(COc1ccccc1C(F)(F)F)CS(=O)(=O)Cl. The Balaban J connectivity index is 2.87. The van der Waals surface area contributed by atoms with E-state index < -0.39 is 26.7 Å². The first-order chi connectivity index (χ1) is 9.50. The summed E-state index contributed by atoms with van der Waals surface area (Å²) < 4.78 is 65.8. The molecule has 0 aliphatic rings. The minimum Gasteiger partial charge on any atom is -0.493 e. The molecule has 0 aromatic heterocycles. The number of ether oxygens (including phenoxy) is 1. The van der Waals surface area contributed by atoms with Crippen LogP contribution < -0.4 is 4.74 Å². The summed E-state index contributed by atoms with van der Waals surface area (Å²) in [5.74, 6) is -1.26. The molecule has 1 atom stereocenters. The van der Waals surface area contributed by atoms with Crippen LogP contribution in [0.1, 0.15) is 19.4 Å². The Morgan fingerprint density at radius 3 is 2.29 bits per heavy atom. The van der Waals surface area contributed by atoms with Crippen molar-refractivity contribution >= 4 is 19.7 Å². The number of para-hydroxylation sites is 1. The van der Waals surface area contributed by atoms with E-state index in [0.29, 0.717) is 0 Å². The fourth-order valence-electron chi connectivity index (χ4n) is 1.71. The fourth-order valence-corrected chi connectivity index (χ4v) is 3.19. The van der Waals surface area contributed by atoms with Crippen molar-refractivity contribution in [2.24, 2.45) is 11.8 Å². The average molecular weight is 345 g/mol. The highest BCUT2D eigenvalue weighted by molar-refractivity contribution is 8.13. The molecule has 0 amide bonds. The molecule has 0 radical (unpaired) electrons. The second kappa shape index (κ2) is 6.87. The molecule has 1 aromatic rings. The van der Waals surface area contributed by atoms with Gasteiger partial charge in [0.25, 0.3) is 0 Å². The van der Waals surface area contributed by atoms with Gasteiger partial charge < -0.3 is 4.74 Å².